The molecule has 2 saturated heterocycles. The molecule has 0 aliphatic carbocycles. The summed E-state index contributed by atoms with van der Waals surface area (Å²) in [4.78, 5) is 13.3. The third-order valence-corrected chi connectivity index (χ3v) is 4.34. The van der Waals surface area contributed by atoms with Gasteiger partial charge in [0.05, 0.1) is 12.6 Å². The minimum atomic E-state index is -4.10. The van der Waals surface area contributed by atoms with Crippen LogP contribution in [0.3, 0.4) is 0 Å². The fraction of sp³-hybridized carbons (Fsp3) is 0.929. The zero-order valence-electron chi connectivity index (χ0n) is 12.2. The van der Waals surface area contributed by atoms with Crippen molar-refractivity contribution in [3.63, 3.8) is 0 Å². The van der Waals surface area contributed by atoms with E-state index in [1.165, 1.54) is 4.90 Å². The summed E-state index contributed by atoms with van der Waals surface area (Å²) >= 11 is 0. The molecule has 2 heterocycles. The number of nitrogens with one attached hydrogen (secondary N) is 2. The fourth-order valence-electron chi connectivity index (χ4n) is 3.12. The van der Waals surface area contributed by atoms with Crippen LogP contribution in [0, 0.1) is 5.92 Å². The topological polar surface area (TPSA) is 44.4 Å². The number of hydrogen-bond donors (Lipinski definition) is 2. The van der Waals surface area contributed by atoms with Crippen LogP contribution in [0.4, 0.5) is 13.2 Å². The predicted octanol–water partition coefficient (Wildman–Crippen LogP) is 1.52. The average Bonchev–Trinajstić information content (AvgIpc) is 2.93. The Balaban J connectivity index is 1.57. The monoisotopic (exact) mass is 307 g/mol. The van der Waals surface area contributed by atoms with Gasteiger partial charge in [-0.25, -0.2) is 0 Å². The van der Waals surface area contributed by atoms with Gasteiger partial charge in [-0.2, -0.15) is 13.2 Å². The fourth-order valence-corrected chi connectivity index (χ4v) is 3.12. The molecule has 1 atom stereocenters. The summed E-state index contributed by atoms with van der Waals surface area (Å²) in [6.07, 6.45) is 0.256. The number of piperidine rings is 1. The molecule has 21 heavy (non-hydrogen) atoms. The van der Waals surface area contributed by atoms with Crippen LogP contribution in [-0.2, 0) is 4.79 Å². The highest BCUT2D eigenvalue weighted by Gasteiger charge is 2.32. The van der Waals surface area contributed by atoms with Gasteiger partial charge in [0.1, 0.15) is 0 Å². The molecule has 4 nitrogen and oxygen atoms in total. The van der Waals surface area contributed by atoms with E-state index < -0.39 is 12.7 Å². The highest BCUT2D eigenvalue weighted by molar-refractivity contribution is 5.81. The zero-order valence-corrected chi connectivity index (χ0v) is 12.2. The van der Waals surface area contributed by atoms with Gasteiger partial charge in [0, 0.05) is 6.54 Å². The molecule has 0 aromatic carbocycles. The molecule has 0 spiro atoms. The van der Waals surface area contributed by atoms with Crippen molar-refractivity contribution in [2.45, 2.75) is 44.3 Å². The molecular formula is C14H24F3N3O. The first-order valence-electron chi connectivity index (χ1n) is 7.74. The first kappa shape index (κ1) is 16.5. The van der Waals surface area contributed by atoms with Gasteiger partial charge >= 0.3 is 6.18 Å². The lowest BCUT2D eigenvalue weighted by molar-refractivity contribution is -0.148. The van der Waals surface area contributed by atoms with Crippen LogP contribution in [0.25, 0.3) is 0 Å². The maximum atomic E-state index is 12.3. The Hall–Kier alpha value is -0.820. The number of rotatable bonds is 5. The van der Waals surface area contributed by atoms with Crippen molar-refractivity contribution < 1.29 is 18.0 Å². The van der Waals surface area contributed by atoms with Crippen molar-refractivity contribution in [3.8, 4) is 0 Å². The van der Waals surface area contributed by atoms with Gasteiger partial charge in [-0.3, -0.25) is 9.69 Å². The second kappa shape index (κ2) is 7.45. The minimum Gasteiger partial charge on any atom is -0.355 e. The third kappa shape index (κ3) is 5.82. The molecule has 122 valence electrons. The Morgan fingerprint density at radius 2 is 1.95 bits per heavy atom. The van der Waals surface area contributed by atoms with E-state index in [4.69, 9.17) is 0 Å². The summed E-state index contributed by atoms with van der Waals surface area (Å²) in [6, 6.07) is -0.0568. The molecular weight excluding hydrogens is 283 g/mol. The first-order valence-corrected chi connectivity index (χ1v) is 7.74. The predicted molar refractivity (Wildman–Crippen MR) is 73.9 cm³/mol. The van der Waals surface area contributed by atoms with Crippen molar-refractivity contribution in [3.05, 3.63) is 0 Å². The molecule has 0 bridgehead atoms. The molecule has 0 radical (unpaired) electrons. The molecule has 2 fully saturated rings. The summed E-state index contributed by atoms with van der Waals surface area (Å²) in [7, 11) is 0. The number of halogens is 3. The van der Waals surface area contributed by atoms with Crippen molar-refractivity contribution in [1.82, 2.24) is 15.5 Å². The van der Waals surface area contributed by atoms with Gasteiger partial charge in [-0.15, -0.1) is 0 Å². The van der Waals surface area contributed by atoms with E-state index in [1.807, 2.05) is 0 Å². The lowest BCUT2D eigenvalue weighted by Gasteiger charge is -2.32. The maximum absolute atomic E-state index is 12.3. The molecule has 0 saturated carbocycles. The lowest BCUT2D eigenvalue weighted by Crippen LogP contribution is -2.42. The van der Waals surface area contributed by atoms with Gasteiger partial charge in [0.2, 0.25) is 5.91 Å². The minimum absolute atomic E-state index is 0.0568. The number of amides is 1. The molecule has 0 aromatic heterocycles. The largest absolute Gasteiger partial charge is 0.401 e. The number of hydrogen-bond acceptors (Lipinski definition) is 3. The van der Waals surface area contributed by atoms with E-state index in [0.29, 0.717) is 25.6 Å². The van der Waals surface area contributed by atoms with Crippen LogP contribution in [0.5, 0.6) is 0 Å². The highest BCUT2D eigenvalue weighted by Crippen LogP contribution is 2.23. The van der Waals surface area contributed by atoms with E-state index in [2.05, 4.69) is 10.6 Å². The SMILES string of the molecule is O=C(NCCC1CCN(CC(F)(F)F)CC1)[C@@H]1CCCN1. The summed E-state index contributed by atoms with van der Waals surface area (Å²) in [5.41, 5.74) is 0. The van der Waals surface area contributed by atoms with Crippen LogP contribution < -0.4 is 10.6 Å². The molecule has 2 aliphatic rings. The van der Waals surface area contributed by atoms with Gasteiger partial charge in [0.25, 0.3) is 0 Å². The van der Waals surface area contributed by atoms with Crippen molar-refractivity contribution in [2.75, 3.05) is 32.7 Å². The van der Waals surface area contributed by atoms with E-state index in [1.54, 1.807) is 0 Å². The Morgan fingerprint density at radius 1 is 1.24 bits per heavy atom. The molecule has 2 N–H and O–H groups in total. The highest BCUT2D eigenvalue weighted by atomic mass is 19.4. The Labute approximate surface area is 123 Å². The van der Waals surface area contributed by atoms with E-state index >= 15 is 0 Å². The van der Waals surface area contributed by atoms with Gasteiger partial charge in [-0.1, -0.05) is 0 Å². The Kier molecular flexibility index (Phi) is 5.87. The van der Waals surface area contributed by atoms with Crippen LogP contribution in [0.15, 0.2) is 0 Å². The summed E-state index contributed by atoms with van der Waals surface area (Å²) in [6.45, 7) is 1.73. The van der Waals surface area contributed by atoms with Gasteiger partial charge in [0.15, 0.2) is 0 Å². The Bertz CT molecular complexity index is 335. The normalized spacial score (nSPS) is 25.2. The summed E-state index contributed by atoms with van der Waals surface area (Å²) in [5.74, 6) is 0.480. The van der Waals surface area contributed by atoms with Gasteiger partial charge < -0.3 is 10.6 Å². The molecule has 1 amide bonds. The molecule has 2 rings (SSSR count). The maximum Gasteiger partial charge on any atom is 0.401 e. The van der Waals surface area contributed by atoms with E-state index in [-0.39, 0.29) is 11.9 Å². The van der Waals surface area contributed by atoms with Crippen LogP contribution in [0.2, 0.25) is 0 Å². The zero-order chi connectivity index (χ0) is 15.3. The number of likely N-dealkylation sites (tertiary alicyclic amines) is 1. The second-order valence-corrected chi connectivity index (χ2v) is 6.06. The quantitative estimate of drug-likeness (QED) is 0.809. The van der Waals surface area contributed by atoms with Crippen molar-refractivity contribution in [1.29, 1.82) is 0 Å². The third-order valence-electron chi connectivity index (χ3n) is 4.34. The number of carbonyl (C=O) groups is 1. The van der Waals surface area contributed by atoms with Crippen molar-refractivity contribution in [2.24, 2.45) is 5.92 Å². The molecule has 0 aromatic rings. The average molecular weight is 307 g/mol. The van der Waals surface area contributed by atoms with Crippen LogP contribution in [-0.4, -0.2) is 55.7 Å². The number of nitrogens with zero attached hydrogens (tertiary/aromatic N) is 1. The molecule has 0 unspecified atom stereocenters. The Morgan fingerprint density at radius 3 is 2.52 bits per heavy atom. The summed E-state index contributed by atoms with van der Waals surface area (Å²) < 4.78 is 36.8. The first-order chi connectivity index (χ1) is 9.94. The summed E-state index contributed by atoms with van der Waals surface area (Å²) in [5, 5.41) is 6.07. The number of alkyl halides is 3. The van der Waals surface area contributed by atoms with Gasteiger partial charge in [-0.05, 0) is 57.7 Å². The lowest BCUT2D eigenvalue weighted by atomic mass is 9.93. The molecule has 2 aliphatic heterocycles. The number of carbonyl (C=O) groups excluding carboxylic acids is 1. The van der Waals surface area contributed by atoms with Crippen LogP contribution in [0.1, 0.15) is 32.1 Å². The smallest absolute Gasteiger partial charge is 0.355 e. The standard InChI is InChI=1S/C14H24F3N3O/c15-14(16,17)10-20-8-4-11(5-9-20)3-7-19-13(21)12-2-1-6-18-12/h11-12,18H,1-10H2,(H,19,21)/t12-/m0/s1. The second-order valence-electron chi connectivity index (χ2n) is 6.06. The van der Waals surface area contributed by atoms with E-state index in [9.17, 15) is 18.0 Å². The molecule has 7 heteroatoms. The van der Waals surface area contributed by atoms with Crippen molar-refractivity contribution >= 4 is 5.91 Å². The van der Waals surface area contributed by atoms with Crippen LogP contribution >= 0.6 is 0 Å². The van der Waals surface area contributed by atoms with E-state index in [0.717, 1.165) is 38.6 Å².